The van der Waals surface area contributed by atoms with Crippen molar-refractivity contribution in [1.82, 2.24) is 10.2 Å². The Hall–Kier alpha value is -1.26. The predicted molar refractivity (Wildman–Crippen MR) is 97.4 cm³/mol. The number of piperidine rings is 1. The normalized spacial score (nSPS) is 17.6. The summed E-state index contributed by atoms with van der Waals surface area (Å²) >= 11 is 12.0. The fraction of sp³-hybridized carbons (Fsp3) is 0.556. The molecule has 1 unspecified atom stereocenters. The molecule has 0 aliphatic carbocycles. The van der Waals surface area contributed by atoms with E-state index in [-0.39, 0.29) is 24.3 Å². The maximum absolute atomic E-state index is 12.3. The van der Waals surface area contributed by atoms with E-state index in [9.17, 15) is 9.59 Å². The Morgan fingerprint density at radius 3 is 2.79 bits per heavy atom. The molecule has 2 amide bonds. The standard InChI is InChI=1S/C18H24Cl2N2O2/c1-2-15-5-3-4-10-22(15)18(24)12-17(23)21-9-8-13-6-7-14(19)11-16(13)20/h6-7,11,15H,2-5,8-10,12H2,1H3,(H,21,23). The van der Waals surface area contributed by atoms with Gasteiger partial charge in [-0.1, -0.05) is 36.2 Å². The zero-order valence-electron chi connectivity index (χ0n) is 14.0. The lowest BCUT2D eigenvalue weighted by Gasteiger charge is -2.35. The molecule has 1 aliphatic heterocycles. The summed E-state index contributed by atoms with van der Waals surface area (Å²) in [5.41, 5.74) is 0.926. The van der Waals surface area contributed by atoms with Crippen molar-refractivity contribution in [3.05, 3.63) is 33.8 Å². The number of carbonyl (C=O) groups excluding carboxylic acids is 2. The van der Waals surface area contributed by atoms with Crippen LogP contribution in [0.15, 0.2) is 18.2 Å². The van der Waals surface area contributed by atoms with Crippen molar-refractivity contribution in [1.29, 1.82) is 0 Å². The minimum absolute atomic E-state index is 0.0661. The van der Waals surface area contributed by atoms with Crippen LogP contribution in [0.2, 0.25) is 10.0 Å². The highest BCUT2D eigenvalue weighted by atomic mass is 35.5. The van der Waals surface area contributed by atoms with Crippen LogP contribution in [0.5, 0.6) is 0 Å². The van der Waals surface area contributed by atoms with E-state index in [0.717, 1.165) is 37.8 Å². The van der Waals surface area contributed by atoms with E-state index in [2.05, 4.69) is 12.2 Å². The molecule has 1 aromatic carbocycles. The number of amides is 2. The summed E-state index contributed by atoms with van der Waals surface area (Å²) in [6.07, 6.45) is 4.71. The fourth-order valence-electron chi connectivity index (χ4n) is 3.12. The number of likely N-dealkylation sites (tertiary alicyclic amines) is 1. The van der Waals surface area contributed by atoms with E-state index in [1.165, 1.54) is 0 Å². The van der Waals surface area contributed by atoms with Gasteiger partial charge < -0.3 is 10.2 Å². The first-order valence-electron chi connectivity index (χ1n) is 8.51. The summed E-state index contributed by atoms with van der Waals surface area (Å²) in [6.45, 7) is 3.31. The van der Waals surface area contributed by atoms with Crippen molar-refractivity contribution in [2.24, 2.45) is 0 Å². The number of carbonyl (C=O) groups is 2. The van der Waals surface area contributed by atoms with Crippen molar-refractivity contribution in [2.45, 2.75) is 51.5 Å². The van der Waals surface area contributed by atoms with E-state index < -0.39 is 0 Å². The van der Waals surface area contributed by atoms with Crippen LogP contribution in [0.3, 0.4) is 0 Å². The second kappa shape index (κ2) is 9.28. The van der Waals surface area contributed by atoms with Crippen LogP contribution in [0.4, 0.5) is 0 Å². The van der Waals surface area contributed by atoms with E-state index in [1.54, 1.807) is 12.1 Å². The summed E-state index contributed by atoms with van der Waals surface area (Å²) in [5, 5.41) is 3.98. The smallest absolute Gasteiger partial charge is 0.232 e. The van der Waals surface area contributed by atoms with Crippen LogP contribution >= 0.6 is 23.2 Å². The van der Waals surface area contributed by atoms with Gasteiger partial charge in [-0.2, -0.15) is 0 Å². The number of nitrogens with one attached hydrogen (secondary N) is 1. The monoisotopic (exact) mass is 370 g/mol. The molecule has 1 aliphatic rings. The van der Waals surface area contributed by atoms with Gasteiger partial charge in [0.1, 0.15) is 6.42 Å². The number of halogens is 2. The van der Waals surface area contributed by atoms with Crippen molar-refractivity contribution < 1.29 is 9.59 Å². The average molecular weight is 371 g/mol. The molecule has 132 valence electrons. The van der Waals surface area contributed by atoms with Crippen LogP contribution in [0, 0.1) is 0 Å². The lowest BCUT2D eigenvalue weighted by Crippen LogP contribution is -2.45. The maximum Gasteiger partial charge on any atom is 0.232 e. The van der Waals surface area contributed by atoms with Gasteiger partial charge in [-0.25, -0.2) is 0 Å². The summed E-state index contributed by atoms with van der Waals surface area (Å²) in [7, 11) is 0. The number of hydrogen-bond donors (Lipinski definition) is 1. The van der Waals surface area contributed by atoms with E-state index >= 15 is 0 Å². The van der Waals surface area contributed by atoms with Gasteiger partial charge in [0.2, 0.25) is 11.8 Å². The molecule has 1 heterocycles. The maximum atomic E-state index is 12.3. The Kier molecular flexibility index (Phi) is 7.38. The highest BCUT2D eigenvalue weighted by Gasteiger charge is 2.26. The van der Waals surface area contributed by atoms with Crippen molar-refractivity contribution >= 4 is 35.0 Å². The van der Waals surface area contributed by atoms with Crippen LogP contribution in [0.25, 0.3) is 0 Å². The molecule has 0 aromatic heterocycles. The van der Waals surface area contributed by atoms with Gasteiger partial charge in [-0.15, -0.1) is 0 Å². The lowest BCUT2D eigenvalue weighted by molar-refractivity contribution is -0.139. The first-order chi connectivity index (χ1) is 11.5. The van der Waals surface area contributed by atoms with Crippen LogP contribution in [0.1, 0.15) is 44.6 Å². The zero-order valence-corrected chi connectivity index (χ0v) is 15.5. The second-order valence-electron chi connectivity index (χ2n) is 6.16. The molecule has 2 rings (SSSR count). The molecule has 1 N–H and O–H groups in total. The fourth-order valence-corrected chi connectivity index (χ4v) is 3.62. The molecular formula is C18H24Cl2N2O2. The van der Waals surface area contributed by atoms with Gasteiger partial charge in [0.05, 0.1) is 0 Å². The Labute approximate surface area is 153 Å². The third-order valence-corrected chi connectivity index (χ3v) is 5.05. The van der Waals surface area contributed by atoms with Crippen molar-refractivity contribution in [3.63, 3.8) is 0 Å². The number of rotatable bonds is 6. The van der Waals surface area contributed by atoms with Crippen molar-refractivity contribution in [2.75, 3.05) is 13.1 Å². The summed E-state index contributed by atoms with van der Waals surface area (Å²) in [5.74, 6) is -0.297. The van der Waals surface area contributed by atoms with Gasteiger partial charge in [-0.05, 0) is 49.8 Å². The Morgan fingerprint density at radius 2 is 2.08 bits per heavy atom. The van der Waals surface area contributed by atoms with Crippen LogP contribution in [-0.4, -0.2) is 35.8 Å². The van der Waals surface area contributed by atoms with Crippen LogP contribution in [-0.2, 0) is 16.0 Å². The van der Waals surface area contributed by atoms with E-state index in [1.807, 2.05) is 11.0 Å². The minimum Gasteiger partial charge on any atom is -0.355 e. The second-order valence-corrected chi connectivity index (χ2v) is 7.00. The quantitative estimate of drug-likeness (QED) is 0.773. The molecule has 4 nitrogen and oxygen atoms in total. The summed E-state index contributed by atoms with van der Waals surface area (Å²) < 4.78 is 0. The zero-order chi connectivity index (χ0) is 17.5. The number of hydrogen-bond acceptors (Lipinski definition) is 2. The summed E-state index contributed by atoms with van der Waals surface area (Å²) in [4.78, 5) is 26.2. The molecular weight excluding hydrogens is 347 g/mol. The van der Waals surface area contributed by atoms with E-state index in [0.29, 0.717) is 23.0 Å². The first-order valence-corrected chi connectivity index (χ1v) is 9.27. The molecule has 1 aromatic rings. The average Bonchev–Trinajstić information content (AvgIpc) is 2.56. The third-order valence-electron chi connectivity index (χ3n) is 4.46. The highest BCUT2D eigenvalue weighted by molar-refractivity contribution is 6.35. The SMILES string of the molecule is CCC1CCCCN1C(=O)CC(=O)NCCc1ccc(Cl)cc1Cl. The Balaban J connectivity index is 1.77. The van der Waals surface area contributed by atoms with Gasteiger partial charge in [0.15, 0.2) is 0 Å². The minimum atomic E-state index is -0.231. The molecule has 0 saturated carbocycles. The largest absolute Gasteiger partial charge is 0.355 e. The first kappa shape index (κ1) is 19.1. The molecule has 0 bridgehead atoms. The Morgan fingerprint density at radius 1 is 1.29 bits per heavy atom. The third kappa shape index (κ3) is 5.38. The number of nitrogens with zero attached hydrogens (tertiary/aromatic N) is 1. The topological polar surface area (TPSA) is 49.4 Å². The summed E-state index contributed by atoms with van der Waals surface area (Å²) in [6, 6.07) is 5.59. The molecule has 1 atom stereocenters. The van der Waals surface area contributed by atoms with Gasteiger partial charge in [-0.3, -0.25) is 9.59 Å². The van der Waals surface area contributed by atoms with E-state index in [4.69, 9.17) is 23.2 Å². The Bertz CT molecular complexity index is 592. The lowest BCUT2D eigenvalue weighted by atomic mass is 9.99. The molecule has 6 heteroatoms. The van der Waals surface area contributed by atoms with Gasteiger partial charge >= 0.3 is 0 Å². The molecule has 0 radical (unpaired) electrons. The highest BCUT2D eigenvalue weighted by Crippen LogP contribution is 2.21. The number of benzene rings is 1. The van der Waals surface area contributed by atoms with Gasteiger partial charge in [0, 0.05) is 29.2 Å². The van der Waals surface area contributed by atoms with Gasteiger partial charge in [0.25, 0.3) is 0 Å². The molecule has 1 fully saturated rings. The predicted octanol–water partition coefficient (Wildman–Crippen LogP) is 3.83. The molecule has 24 heavy (non-hydrogen) atoms. The van der Waals surface area contributed by atoms with Crippen LogP contribution < -0.4 is 5.32 Å². The molecule has 1 saturated heterocycles. The molecule has 0 spiro atoms. The van der Waals surface area contributed by atoms with Crippen molar-refractivity contribution in [3.8, 4) is 0 Å².